The summed E-state index contributed by atoms with van der Waals surface area (Å²) >= 11 is 6.13. The van der Waals surface area contributed by atoms with E-state index in [0.717, 1.165) is 16.5 Å². The summed E-state index contributed by atoms with van der Waals surface area (Å²) in [5.41, 5.74) is 8.58. The van der Waals surface area contributed by atoms with Crippen LogP contribution in [0.15, 0.2) is 54.7 Å². The number of nitrogens with zero attached hydrogens (tertiary/aromatic N) is 1. The van der Waals surface area contributed by atoms with Crippen molar-refractivity contribution in [3.8, 4) is 0 Å². The van der Waals surface area contributed by atoms with Gasteiger partial charge in [-0.25, -0.2) is 4.39 Å². The third kappa shape index (κ3) is 2.26. The summed E-state index contributed by atoms with van der Waals surface area (Å²) in [6.45, 7) is 0. The van der Waals surface area contributed by atoms with Crippen molar-refractivity contribution >= 4 is 22.5 Å². The highest BCUT2D eigenvalue weighted by Crippen LogP contribution is 2.30. The van der Waals surface area contributed by atoms with Gasteiger partial charge in [-0.05, 0) is 41.5 Å². The van der Waals surface area contributed by atoms with E-state index >= 15 is 0 Å². The second kappa shape index (κ2) is 5.19. The number of fused-ring (bicyclic) bond motifs is 1. The number of hydrogen-bond acceptors (Lipinski definition) is 2. The fourth-order valence-electron chi connectivity index (χ4n) is 2.32. The zero-order valence-electron chi connectivity index (χ0n) is 10.6. The maximum absolute atomic E-state index is 13.4. The van der Waals surface area contributed by atoms with Gasteiger partial charge in [0.15, 0.2) is 0 Å². The molecule has 0 spiro atoms. The third-order valence-corrected chi connectivity index (χ3v) is 3.65. The average molecular weight is 287 g/mol. The summed E-state index contributed by atoms with van der Waals surface area (Å²) in [4.78, 5) is 4.30. The lowest BCUT2D eigenvalue weighted by Gasteiger charge is -2.16. The number of hydrogen-bond donors (Lipinski definition) is 1. The predicted molar refractivity (Wildman–Crippen MR) is 79.2 cm³/mol. The SMILES string of the molecule is NC(c1cc(F)ccc1Cl)c1cccc2ncccc12. The number of pyridine rings is 1. The minimum absolute atomic E-state index is 0.349. The van der Waals surface area contributed by atoms with Crippen molar-refractivity contribution in [1.29, 1.82) is 0 Å². The standard InChI is InChI=1S/C16H12ClFN2/c17-14-7-6-10(18)9-13(14)16(19)12-3-1-5-15-11(12)4-2-8-20-15/h1-9,16H,19H2. The first-order chi connectivity index (χ1) is 9.66. The van der Waals surface area contributed by atoms with Crippen molar-refractivity contribution in [2.45, 2.75) is 6.04 Å². The lowest BCUT2D eigenvalue weighted by molar-refractivity contribution is 0.624. The lowest BCUT2D eigenvalue weighted by Crippen LogP contribution is -2.13. The molecule has 0 radical (unpaired) electrons. The van der Waals surface area contributed by atoms with Crippen LogP contribution in [0.5, 0.6) is 0 Å². The monoisotopic (exact) mass is 286 g/mol. The van der Waals surface area contributed by atoms with Crippen molar-refractivity contribution in [1.82, 2.24) is 4.98 Å². The third-order valence-electron chi connectivity index (χ3n) is 3.31. The quantitative estimate of drug-likeness (QED) is 0.771. The van der Waals surface area contributed by atoms with E-state index in [2.05, 4.69) is 4.98 Å². The molecule has 4 heteroatoms. The van der Waals surface area contributed by atoms with Gasteiger partial charge in [-0.2, -0.15) is 0 Å². The van der Waals surface area contributed by atoms with Crippen LogP contribution < -0.4 is 5.73 Å². The van der Waals surface area contributed by atoms with Gasteiger partial charge in [-0.15, -0.1) is 0 Å². The van der Waals surface area contributed by atoms with Crippen LogP contribution in [0.2, 0.25) is 5.02 Å². The molecule has 0 aliphatic rings. The molecule has 0 bridgehead atoms. The first kappa shape index (κ1) is 13.0. The van der Waals surface area contributed by atoms with Gasteiger partial charge in [-0.1, -0.05) is 29.8 Å². The van der Waals surface area contributed by atoms with E-state index in [-0.39, 0.29) is 5.82 Å². The van der Waals surface area contributed by atoms with Crippen LogP contribution in [-0.4, -0.2) is 4.98 Å². The molecular weight excluding hydrogens is 275 g/mol. The molecule has 0 aliphatic carbocycles. The fourth-order valence-corrected chi connectivity index (χ4v) is 2.55. The normalized spacial score (nSPS) is 12.6. The van der Waals surface area contributed by atoms with Gasteiger partial charge >= 0.3 is 0 Å². The first-order valence-electron chi connectivity index (χ1n) is 6.21. The highest BCUT2D eigenvalue weighted by atomic mass is 35.5. The molecule has 20 heavy (non-hydrogen) atoms. The van der Waals surface area contributed by atoms with Gasteiger partial charge in [0.2, 0.25) is 0 Å². The maximum atomic E-state index is 13.4. The van der Waals surface area contributed by atoms with Crippen molar-refractivity contribution in [3.63, 3.8) is 0 Å². The van der Waals surface area contributed by atoms with Gasteiger partial charge in [0, 0.05) is 16.6 Å². The van der Waals surface area contributed by atoms with Crippen molar-refractivity contribution < 1.29 is 4.39 Å². The molecule has 3 rings (SSSR count). The van der Waals surface area contributed by atoms with Crippen LogP contribution in [0.4, 0.5) is 4.39 Å². The molecule has 0 fully saturated rings. The molecule has 0 saturated carbocycles. The van der Waals surface area contributed by atoms with Crippen LogP contribution in [0.1, 0.15) is 17.2 Å². The Morgan fingerprint density at radius 3 is 2.75 bits per heavy atom. The Morgan fingerprint density at radius 2 is 1.90 bits per heavy atom. The Morgan fingerprint density at radius 1 is 1.05 bits per heavy atom. The Balaban J connectivity index is 2.17. The summed E-state index contributed by atoms with van der Waals surface area (Å²) in [6.07, 6.45) is 1.73. The largest absolute Gasteiger partial charge is 0.320 e. The number of aromatic nitrogens is 1. The Bertz CT molecular complexity index is 768. The van der Waals surface area contributed by atoms with Crippen molar-refractivity contribution in [2.75, 3.05) is 0 Å². The Hall–Kier alpha value is -1.97. The van der Waals surface area contributed by atoms with E-state index in [0.29, 0.717) is 10.6 Å². The van der Waals surface area contributed by atoms with Gasteiger partial charge in [-0.3, -0.25) is 4.98 Å². The molecule has 0 amide bonds. The summed E-state index contributed by atoms with van der Waals surface area (Å²) < 4.78 is 13.4. The van der Waals surface area contributed by atoms with Crippen LogP contribution in [0, 0.1) is 5.82 Å². The number of nitrogens with two attached hydrogens (primary N) is 1. The van der Waals surface area contributed by atoms with Crippen molar-refractivity contribution in [2.24, 2.45) is 5.73 Å². The highest BCUT2D eigenvalue weighted by molar-refractivity contribution is 6.31. The average Bonchev–Trinajstić information content (AvgIpc) is 2.48. The molecule has 3 aromatic rings. The smallest absolute Gasteiger partial charge is 0.123 e. The van der Waals surface area contributed by atoms with Gasteiger partial charge in [0.05, 0.1) is 11.6 Å². The lowest BCUT2D eigenvalue weighted by atomic mass is 9.96. The molecule has 0 saturated heterocycles. The number of benzene rings is 2. The molecule has 1 heterocycles. The summed E-state index contributed by atoms with van der Waals surface area (Å²) in [5.74, 6) is -0.349. The first-order valence-corrected chi connectivity index (χ1v) is 6.59. The molecule has 2 aromatic carbocycles. The highest BCUT2D eigenvalue weighted by Gasteiger charge is 2.16. The predicted octanol–water partition coefficient (Wildman–Crippen LogP) is 4.08. The summed E-state index contributed by atoms with van der Waals surface area (Å²) in [5, 5.41) is 1.41. The summed E-state index contributed by atoms with van der Waals surface area (Å²) in [6, 6.07) is 13.2. The van der Waals surface area contributed by atoms with E-state index in [9.17, 15) is 4.39 Å². The molecule has 1 unspecified atom stereocenters. The topological polar surface area (TPSA) is 38.9 Å². The van der Waals surface area contributed by atoms with Gasteiger partial charge in [0.1, 0.15) is 5.82 Å². The van der Waals surface area contributed by atoms with Crippen LogP contribution in [0.3, 0.4) is 0 Å². The van der Waals surface area contributed by atoms with E-state index in [1.165, 1.54) is 18.2 Å². The van der Waals surface area contributed by atoms with Crippen LogP contribution in [0.25, 0.3) is 10.9 Å². The van der Waals surface area contributed by atoms with E-state index in [1.807, 2.05) is 30.3 Å². The molecule has 0 aliphatic heterocycles. The molecule has 1 atom stereocenters. The summed E-state index contributed by atoms with van der Waals surface area (Å²) in [7, 11) is 0. The second-order valence-electron chi connectivity index (χ2n) is 4.56. The minimum Gasteiger partial charge on any atom is -0.320 e. The van der Waals surface area contributed by atoms with Crippen LogP contribution >= 0.6 is 11.6 Å². The number of halogens is 2. The van der Waals surface area contributed by atoms with E-state index < -0.39 is 6.04 Å². The minimum atomic E-state index is -0.494. The second-order valence-corrected chi connectivity index (χ2v) is 4.97. The Kier molecular flexibility index (Phi) is 3.38. The van der Waals surface area contributed by atoms with Crippen LogP contribution in [-0.2, 0) is 0 Å². The molecular formula is C16H12ClFN2. The van der Waals surface area contributed by atoms with E-state index in [4.69, 9.17) is 17.3 Å². The van der Waals surface area contributed by atoms with Gasteiger partial charge in [0.25, 0.3) is 0 Å². The molecule has 1 aromatic heterocycles. The van der Waals surface area contributed by atoms with Gasteiger partial charge < -0.3 is 5.73 Å². The fraction of sp³-hybridized carbons (Fsp3) is 0.0625. The zero-order valence-corrected chi connectivity index (χ0v) is 11.3. The Labute approximate surface area is 121 Å². The maximum Gasteiger partial charge on any atom is 0.123 e. The molecule has 2 nitrogen and oxygen atoms in total. The number of rotatable bonds is 2. The van der Waals surface area contributed by atoms with Crippen molar-refractivity contribution in [3.05, 3.63) is 76.7 Å². The molecule has 100 valence electrons. The van der Waals surface area contributed by atoms with E-state index in [1.54, 1.807) is 6.20 Å². The molecule has 2 N–H and O–H groups in total. The zero-order chi connectivity index (χ0) is 14.1.